The Balaban J connectivity index is 1.38. The van der Waals surface area contributed by atoms with E-state index in [2.05, 4.69) is 0 Å². The quantitative estimate of drug-likeness (QED) is 0.576. The van der Waals surface area contributed by atoms with Gasteiger partial charge < -0.3 is 14.5 Å². The van der Waals surface area contributed by atoms with Crippen molar-refractivity contribution in [1.82, 2.24) is 19.6 Å². The molecule has 2 amide bonds. The molecule has 0 radical (unpaired) electrons. The van der Waals surface area contributed by atoms with Gasteiger partial charge in [-0.3, -0.25) is 9.59 Å². The van der Waals surface area contributed by atoms with Crippen molar-refractivity contribution in [2.45, 2.75) is 19.8 Å². The third-order valence-electron chi connectivity index (χ3n) is 6.78. The second-order valence-electron chi connectivity index (χ2n) is 9.19. The van der Waals surface area contributed by atoms with E-state index >= 15 is 0 Å². The van der Waals surface area contributed by atoms with Crippen molar-refractivity contribution in [3.05, 3.63) is 71.7 Å². The van der Waals surface area contributed by atoms with Crippen LogP contribution < -0.4 is 0 Å². The van der Waals surface area contributed by atoms with Gasteiger partial charge in [0, 0.05) is 43.9 Å². The molecule has 182 valence electrons. The molecule has 3 aromatic rings. The average Bonchev–Trinajstić information content (AvgIpc) is 3.34. The van der Waals surface area contributed by atoms with Gasteiger partial charge in [-0.05, 0) is 50.1 Å². The molecule has 3 heterocycles. The number of aryl methyl sites for hydroxylation is 1. The Bertz CT molecular complexity index is 1210. The zero-order valence-electron chi connectivity index (χ0n) is 19.8. The lowest BCUT2D eigenvalue weighted by Gasteiger charge is -2.35. The van der Waals surface area contributed by atoms with Crippen LogP contribution in [-0.2, 0) is 9.53 Å². The number of aromatic nitrogens is 2. The minimum atomic E-state index is -0.328. The first-order valence-electron chi connectivity index (χ1n) is 12.1. The summed E-state index contributed by atoms with van der Waals surface area (Å²) in [6.45, 7) is 5.49. The number of likely N-dealkylation sites (tertiary alicyclic amines) is 1. The van der Waals surface area contributed by atoms with Crippen LogP contribution in [0, 0.1) is 18.7 Å². The first-order chi connectivity index (χ1) is 17.0. The lowest BCUT2D eigenvalue weighted by molar-refractivity contribution is -0.141. The smallest absolute Gasteiger partial charge is 0.257 e. The Hall–Kier alpha value is -3.52. The molecule has 2 aliphatic rings. The molecule has 0 bridgehead atoms. The van der Waals surface area contributed by atoms with E-state index < -0.39 is 0 Å². The van der Waals surface area contributed by atoms with E-state index in [0.29, 0.717) is 69.2 Å². The van der Waals surface area contributed by atoms with Gasteiger partial charge in [-0.15, -0.1) is 0 Å². The van der Waals surface area contributed by atoms with Crippen molar-refractivity contribution in [3.63, 3.8) is 0 Å². The van der Waals surface area contributed by atoms with Crippen molar-refractivity contribution >= 4 is 11.8 Å². The summed E-state index contributed by atoms with van der Waals surface area (Å²) in [5, 5.41) is 4.72. The number of amides is 2. The molecule has 1 aromatic heterocycles. The van der Waals surface area contributed by atoms with Crippen LogP contribution in [0.25, 0.3) is 16.9 Å². The number of halogens is 1. The molecule has 0 spiro atoms. The number of carbonyl (C=O) groups excluding carboxylic acids is 2. The number of hydrogen-bond acceptors (Lipinski definition) is 4. The van der Waals surface area contributed by atoms with E-state index in [1.54, 1.807) is 23.0 Å². The fourth-order valence-corrected chi connectivity index (χ4v) is 4.80. The summed E-state index contributed by atoms with van der Waals surface area (Å²) >= 11 is 0. The summed E-state index contributed by atoms with van der Waals surface area (Å²) in [7, 11) is 0. The maximum absolute atomic E-state index is 13.7. The van der Waals surface area contributed by atoms with Crippen LogP contribution >= 0.6 is 0 Å². The molecule has 2 saturated heterocycles. The van der Waals surface area contributed by atoms with Crippen LogP contribution in [0.3, 0.4) is 0 Å². The van der Waals surface area contributed by atoms with Crippen LogP contribution in [0.1, 0.15) is 28.8 Å². The van der Waals surface area contributed by atoms with Gasteiger partial charge in [-0.1, -0.05) is 23.8 Å². The van der Waals surface area contributed by atoms with Crippen LogP contribution in [0.15, 0.2) is 54.7 Å². The Kier molecular flexibility index (Phi) is 6.63. The summed E-state index contributed by atoms with van der Waals surface area (Å²) in [5.41, 5.74) is 3.69. The number of benzene rings is 2. The molecule has 8 heteroatoms. The predicted octanol–water partition coefficient (Wildman–Crippen LogP) is 3.70. The van der Waals surface area contributed by atoms with E-state index in [-0.39, 0.29) is 23.5 Å². The highest BCUT2D eigenvalue weighted by atomic mass is 19.1. The van der Waals surface area contributed by atoms with E-state index in [0.717, 1.165) is 11.1 Å². The summed E-state index contributed by atoms with van der Waals surface area (Å²) < 4.78 is 20.4. The molecule has 0 N–H and O–H groups in total. The lowest BCUT2D eigenvalue weighted by Crippen LogP contribution is -2.47. The third-order valence-corrected chi connectivity index (χ3v) is 6.78. The molecule has 2 aromatic carbocycles. The molecule has 5 rings (SSSR count). The highest BCUT2D eigenvalue weighted by Gasteiger charge is 2.32. The second kappa shape index (κ2) is 10.00. The fourth-order valence-electron chi connectivity index (χ4n) is 4.80. The summed E-state index contributed by atoms with van der Waals surface area (Å²) in [6, 6.07) is 13.9. The maximum Gasteiger partial charge on any atom is 0.257 e. The van der Waals surface area contributed by atoms with Gasteiger partial charge in [0.05, 0.1) is 24.5 Å². The average molecular weight is 477 g/mol. The van der Waals surface area contributed by atoms with Crippen LogP contribution in [0.2, 0.25) is 0 Å². The number of piperidine rings is 1. The largest absolute Gasteiger partial charge is 0.378 e. The Morgan fingerprint density at radius 3 is 2.37 bits per heavy atom. The lowest BCUT2D eigenvalue weighted by atomic mass is 9.94. The molecule has 7 nitrogen and oxygen atoms in total. The minimum Gasteiger partial charge on any atom is -0.378 e. The molecule has 0 saturated carbocycles. The van der Waals surface area contributed by atoms with Crippen molar-refractivity contribution in [2.75, 3.05) is 39.4 Å². The van der Waals surface area contributed by atoms with Crippen LogP contribution in [0.5, 0.6) is 0 Å². The maximum atomic E-state index is 13.7. The van der Waals surface area contributed by atoms with Crippen molar-refractivity contribution in [3.8, 4) is 16.9 Å². The Morgan fingerprint density at radius 2 is 1.69 bits per heavy atom. The first kappa shape index (κ1) is 23.2. The summed E-state index contributed by atoms with van der Waals surface area (Å²) in [6.07, 6.45) is 3.01. The van der Waals surface area contributed by atoms with Crippen molar-refractivity contribution in [2.24, 2.45) is 5.92 Å². The topological polar surface area (TPSA) is 67.7 Å². The molecule has 2 fully saturated rings. The highest BCUT2D eigenvalue weighted by molar-refractivity contribution is 6.00. The third kappa shape index (κ3) is 4.98. The molecule has 35 heavy (non-hydrogen) atoms. The number of nitrogens with zero attached hydrogens (tertiary/aromatic N) is 4. The van der Waals surface area contributed by atoms with Gasteiger partial charge in [0.25, 0.3) is 5.91 Å². The van der Waals surface area contributed by atoms with Gasteiger partial charge in [-0.2, -0.15) is 5.10 Å². The van der Waals surface area contributed by atoms with Gasteiger partial charge in [0.2, 0.25) is 5.91 Å². The standard InChI is InChI=1S/C27H29FN4O3/c1-19-3-2-4-21(17-19)25-24(18-32(29-25)23-7-5-22(28)6-8-23)27(34)30-11-9-20(10-12-30)26(33)31-13-15-35-16-14-31/h2-8,17-18,20H,9-16H2,1H3. The molecule has 0 atom stereocenters. The number of rotatable bonds is 4. The zero-order chi connectivity index (χ0) is 24.4. The normalized spacial score (nSPS) is 17.0. The van der Waals surface area contributed by atoms with Gasteiger partial charge in [0.15, 0.2) is 0 Å². The van der Waals surface area contributed by atoms with Gasteiger partial charge in [-0.25, -0.2) is 9.07 Å². The summed E-state index contributed by atoms with van der Waals surface area (Å²) in [5.74, 6) is -0.321. The first-order valence-corrected chi connectivity index (χ1v) is 12.1. The Labute approximate surface area is 204 Å². The monoisotopic (exact) mass is 476 g/mol. The number of hydrogen-bond donors (Lipinski definition) is 0. The van der Waals surface area contributed by atoms with Crippen LogP contribution in [0.4, 0.5) is 4.39 Å². The van der Waals surface area contributed by atoms with E-state index in [1.165, 1.54) is 12.1 Å². The molecule has 0 unspecified atom stereocenters. The summed E-state index contributed by atoms with van der Waals surface area (Å²) in [4.78, 5) is 30.2. The van der Waals surface area contributed by atoms with E-state index in [1.807, 2.05) is 41.0 Å². The molecule has 2 aliphatic heterocycles. The Morgan fingerprint density at radius 1 is 0.971 bits per heavy atom. The van der Waals surface area contributed by atoms with Gasteiger partial charge >= 0.3 is 0 Å². The predicted molar refractivity (Wildman–Crippen MR) is 130 cm³/mol. The van der Waals surface area contributed by atoms with Crippen molar-refractivity contribution in [1.29, 1.82) is 0 Å². The van der Waals surface area contributed by atoms with E-state index in [9.17, 15) is 14.0 Å². The highest BCUT2D eigenvalue weighted by Crippen LogP contribution is 2.28. The van der Waals surface area contributed by atoms with Crippen LogP contribution in [-0.4, -0.2) is 70.8 Å². The second-order valence-corrected chi connectivity index (χ2v) is 9.19. The number of ether oxygens (including phenoxy) is 1. The molecular weight excluding hydrogens is 447 g/mol. The SMILES string of the molecule is Cc1cccc(-c2nn(-c3ccc(F)cc3)cc2C(=O)N2CCC(C(=O)N3CCOCC3)CC2)c1. The van der Waals surface area contributed by atoms with Crippen molar-refractivity contribution < 1.29 is 18.7 Å². The van der Waals surface area contributed by atoms with E-state index in [4.69, 9.17) is 9.84 Å². The zero-order valence-corrected chi connectivity index (χ0v) is 19.8. The minimum absolute atomic E-state index is 0.0599. The number of morpholine rings is 1. The molecular formula is C27H29FN4O3. The van der Waals surface area contributed by atoms with Gasteiger partial charge in [0.1, 0.15) is 11.5 Å². The fraction of sp³-hybridized carbons (Fsp3) is 0.370. The molecule has 0 aliphatic carbocycles. The number of carbonyl (C=O) groups is 2.